The van der Waals surface area contributed by atoms with Crippen molar-refractivity contribution in [2.24, 2.45) is 0 Å². The van der Waals surface area contributed by atoms with Crippen LogP contribution in [0.1, 0.15) is 30.4 Å². The molecule has 0 atom stereocenters. The van der Waals surface area contributed by atoms with E-state index in [2.05, 4.69) is 12.2 Å². The summed E-state index contributed by atoms with van der Waals surface area (Å²) >= 11 is 6.06. The first kappa shape index (κ1) is 14.9. The fourth-order valence-corrected chi connectivity index (χ4v) is 2.11. The molecular weight excluding hydrogens is 274 g/mol. The molecule has 0 aliphatic carbocycles. The molecule has 108 valence electrons. The zero-order chi connectivity index (χ0) is 14.4. The van der Waals surface area contributed by atoms with Gasteiger partial charge in [-0.3, -0.25) is 0 Å². The molecule has 0 amide bonds. The molecule has 0 bridgehead atoms. The molecular formula is C16H20ClNO2. The minimum absolute atomic E-state index is 0.465. The third-order valence-electron chi connectivity index (χ3n) is 3.02. The Morgan fingerprint density at radius 2 is 2.10 bits per heavy atom. The molecule has 0 fully saturated rings. The standard InChI is InChI=1S/C16H20ClNO2/c1-3-8-18-10-14-9-13(12(2)20-14)11-19-16-7-5-4-6-15(16)17/h4-7,9,18H,3,8,10-11H2,1-2H3. The molecule has 0 radical (unpaired) electrons. The van der Waals surface area contributed by atoms with E-state index in [4.69, 9.17) is 20.8 Å². The normalized spacial score (nSPS) is 10.8. The van der Waals surface area contributed by atoms with E-state index in [0.29, 0.717) is 17.4 Å². The zero-order valence-corrected chi connectivity index (χ0v) is 12.7. The second-order valence-electron chi connectivity index (χ2n) is 4.69. The van der Waals surface area contributed by atoms with E-state index in [1.165, 1.54) is 0 Å². The molecule has 0 saturated heterocycles. The predicted molar refractivity (Wildman–Crippen MR) is 81.2 cm³/mol. The van der Waals surface area contributed by atoms with Crippen LogP contribution >= 0.6 is 11.6 Å². The Kier molecular flexibility index (Phi) is 5.50. The SMILES string of the molecule is CCCNCc1cc(COc2ccccc2Cl)c(C)o1. The van der Waals surface area contributed by atoms with Crippen LogP contribution in [0.2, 0.25) is 5.02 Å². The Morgan fingerprint density at radius 3 is 2.85 bits per heavy atom. The lowest BCUT2D eigenvalue weighted by Gasteiger charge is -2.06. The van der Waals surface area contributed by atoms with Crippen LogP contribution in [0.25, 0.3) is 0 Å². The summed E-state index contributed by atoms with van der Waals surface area (Å²) in [5.74, 6) is 2.53. The van der Waals surface area contributed by atoms with Crippen LogP contribution < -0.4 is 10.1 Å². The molecule has 1 heterocycles. The molecule has 0 aliphatic heterocycles. The fraction of sp³-hybridized carbons (Fsp3) is 0.375. The van der Waals surface area contributed by atoms with Crippen LogP contribution in [0.15, 0.2) is 34.7 Å². The number of nitrogens with one attached hydrogen (secondary N) is 1. The second kappa shape index (κ2) is 7.36. The van der Waals surface area contributed by atoms with E-state index in [9.17, 15) is 0 Å². The Hall–Kier alpha value is -1.45. The zero-order valence-electron chi connectivity index (χ0n) is 11.9. The van der Waals surface area contributed by atoms with Gasteiger partial charge in [-0.05, 0) is 38.1 Å². The number of benzene rings is 1. The van der Waals surface area contributed by atoms with E-state index in [1.54, 1.807) is 0 Å². The van der Waals surface area contributed by atoms with Gasteiger partial charge < -0.3 is 14.5 Å². The Bertz CT molecular complexity index is 551. The summed E-state index contributed by atoms with van der Waals surface area (Å²) in [5.41, 5.74) is 1.05. The van der Waals surface area contributed by atoms with Crippen LogP contribution in [0.3, 0.4) is 0 Å². The maximum Gasteiger partial charge on any atom is 0.138 e. The number of hydrogen-bond acceptors (Lipinski definition) is 3. The van der Waals surface area contributed by atoms with Crippen molar-refractivity contribution in [2.45, 2.75) is 33.4 Å². The second-order valence-corrected chi connectivity index (χ2v) is 5.10. The predicted octanol–water partition coefficient (Wildman–Crippen LogP) is 4.32. The van der Waals surface area contributed by atoms with Crippen molar-refractivity contribution in [1.82, 2.24) is 5.32 Å². The van der Waals surface area contributed by atoms with E-state index in [0.717, 1.165) is 36.6 Å². The molecule has 1 N–H and O–H groups in total. The molecule has 1 aromatic carbocycles. The molecule has 0 unspecified atom stereocenters. The smallest absolute Gasteiger partial charge is 0.138 e. The molecule has 1 aromatic heterocycles. The summed E-state index contributed by atoms with van der Waals surface area (Å²) in [5, 5.41) is 3.94. The van der Waals surface area contributed by atoms with Gasteiger partial charge in [-0.2, -0.15) is 0 Å². The number of ether oxygens (including phenoxy) is 1. The highest BCUT2D eigenvalue weighted by atomic mass is 35.5. The molecule has 3 nitrogen and oxygen atoms in total. The quantitative estimate of drug-likeness (QED) is 0.772. The van der Waals surface area contributed by atoms with E-state index < -0.39 is 0 Å². The highest BCUT2D eigenvalue weighted by Gasteiger charge is 2.09. The number of hydrogen-bond donors (Lipinski definition) is 1. The van der Waals surface area contributed by atoms with Gasteiger partial charge in [0, 0.05) is 5.56 Å². The molecule has 4 heteroatoms. The van der Waals surface area contributed by atoms with Gasteiger partial charge in [-0.15, -0.1) is 0 Å². The van der Waals surface area contributed by atoms with Gasteiger partial charge in [0.2, 0.25) is 0 Å². The summed E-state index contributed by atoms with van der Waals surface area (Å²) in [4.78, 5) is 0. The molecule has 2 aromatic rings. The number of para-hydroxylation sites is 1. The highest BCUT2D eigenvalue weighted by molar-refractivity contribution is 6.32. The van der Waals surface area contributed by atoms with Gasteiger partial charge in [0.25, 0.3) is 0 Å². The number of rotatable bonds is 7. The van der Waals surface area contributed by atoms with Crippen molar-refractivity contribution >= 4 is 11.6 Å². The lowest BCUT2D eigenvalue weighted by atomic mass is 10.2. The van der Waals surface area contributed by atoms with Crippen LogP contribution in [0, 0.1) is 6.92 Å². The van der Waals surface area contributed by atoms with Crippen molar-refractivity contribution in [3.05, 3.63) is 52.4 Å². The largest absolute Gasteiger partial charge is 0.487 e. The highest BCUT2D eigenvalue weighted by Crippen LogP contribution is 2.25. The topological polar surface area (TPSA) is 34.4 Å². The number of aryl methyl sites for hydroxylation is 1. The van der Waals surface area contributed by atoms with Crippen molar-refractivity contribution in [2.75, 3.05) is 6.54 Å². The van der Waals surface area contributed by atoms with Gasteiger partial charge in [0.05, 0.1) is 11.6 Å². The van der Waals surface area contributed by atoms with Crippen molar-refractivity contribution < 1.29 is 9.15 Å². The van der Waals surface area contributed by atoms with Gasteiger partial charge in [0.1, 0.15) is 23.9 Å². The maximum atomic E-state index is 6.06. The summed E-state index contributed by atoms with van der Waals surface area (Å²) in [6.45, 7) is 6.30. The van der Waals surface area contributed by atoms with Gasteiger partial charge >= 0.3 is 0 Å². The number of furan rings is 1. The first-order valence-electron chi connectivity index (χ1n) is 6.87. The van der Waals surface area contributed by atoms with Crippen LogP contribution in [0.5, 0.6) is 5.75 Å². The average Bonchev–Trinajstić information content (AvgIpc) is 2.79. The molecule has 0 spiro atoms. The van der Waals surface area contributed by atoms with Crippen LogP contribution in [-0.4, -0.2) is 6.54 Å². The Labute approximate surface area is 124 Å². The minimum Gasteiger partial charge on any atom is -0.487 e. The lowest BCUT2D eigenvalue weighted by Crippen LogP contribution is -2.13. The molecule has 0 saturated carbocycles. The Balaban J connectivity index is 1.94. The minimum atomic E-state index is 0.465. The van der Waals surface area contributed by atoms with E-state index in [1.807, 2.05) is 37.3 Å². The first-order chi connectivity index (χ1) is 9.70. The fourth-order valence-electron chi connectivity index (χ4n) is 1.92. The van der Waals surface area contributed by atoms with Crippen LogP contribution in [-0.2, 0) is 13.2 Å². The molecule has 2 rings (SSSR count). The first-order valence-corrected chi connectivity index (χ1v) is 7.24. The molecule has 20 heavy (non-hydrogen) atoms. The Morgan fingerprint density at radius 1 is 1.30 bits per heavy atom. The van der Waals surface area contributed by atoms with Crippen LogP contribution in [0.4, 0.5) is 0 Å². The summed E-state index contributed by atoms with van der Waals surface area (Å²) in [6.07, 6.45) is 1.11. The monoisotopic (exact) mass is 293 g/mol. The number of halogens is 1. The van der Waals surface area contributed by atoms with Crippen molar-refractivity contribution in [1.29, 1.82) is 0 Å². The summed E-state index contributed by atoms with van der Waals surface area (Å²) in [7, 11) is 0. The summed E-state index contributed by atoms with van der Waals surface area (Å²) < 4.78 is 11.4. The van der Waals surface area contributed by atoms with E-state index in [-0.39, 0.29) is 0 Å². The van der Waals surface area contributed by atoms with Gasteiger partial charge in [-0.25, -0.2) is 0 Å². The van der Waals surface area contributed by atoms with Crippen molar-refractivity contribution in [3.8, 4) is 5.75 Å². The summed E-state index contributed by atoms with van der Waals surface area (Å²) in [6, 6.07) is 9.51. The van der Waals surface area contributed by atoms with Gasteiger partial charge in [-0.1, -0.05) is 30.7 Å². The van der Waals surface area contributed by atoms with E-state index >= 15 is 0 Å². The third kappa shape index (κ3) is 4.02. The van der Waals surface area contributed by atoms with Gasteiger partial charge in [0.15, 0.2) is 0 Å². The van der Waals surface area contributed by atoms with Crippen molar-refractivity contribution in [3.63, 3.8) is 0 Å². The molecule has 0 aliphatic rings. The maximum absolute atomic E-state index is 6.06. The average molecular weight is 294 g/mol. The lowest BCUT2D eigenvalue weighted by molar-refractivity contribution is 0.303. The third-order valence-corrected chi connectivity index (χ3v) is 3.33.